The van der Waals surface area contributed by atoms with Gasteiger partial charge in [-0.25, -0.2) is 13.2 Å². The van der Waals surface area contributed by atoms with Crippen molar-refractivity contribution in [3.8, 4) is 11.8 Å². The van der Waals surface area contributed by atoms with Crippen LogP contribution in [-0.4, -0.2) is 27.1 Å². The lowest BCUT2D eigenvalue weighted by atomic mass is 10.1. The van der Waals surface area contributed by atoms with Gasteiger partial charge < -0.3 is 19.8 Å². The van der Waals surface area contributed by atoms with Crippen molar-refractivity contribution in [2.75, 3.05) is 5.73 Å². The van der Waals surface area contributed by atoms with Gasteiger partial charge in [-0.2, -0.15) is 5.26 Å². The average Bonchev–Trinajstić information content (AvgIpc) is 3.18. The molecule has 3 aromatic rings. The van der Waals surface area contributed by atoms with E-state index in [-0.39, 0.29) is 53.9 Å². The smallest absolute Gasteiger partial charge is 0.312 e. The third kappa shape index (κ3) is 5.60. The highest BCUT2D eigenvalue weighted by molar-refractivity contribution is 5.81. The third-order valence-electron chi connectivity index (χ3n) is 4.79. The fraction of sp³-hybridized carbons (Fsp3) is 0.273. The third-order valence-corrected chi connectivity index (χ3v) is 4.79. The van der Waals surface area contributed by atoms with Crippen molar-refractivity contribution in [1.29, 1.82) is 5.26 Å². The molecule has 0 unspecified atom stereocenters. The molecule has 0 aliphatic carbocycles. The average molecular weight is 459 g/mol. The summed E-state index contributed by atoms with van der Waals surface area (Å²) in [5, 5.41) is 16.2. The van der Waals surface area contributed by atoms with Gasteiger partial charge in [-0.1, -0.05) is 18.1 Å². The minimum atomic E-state index is -1.20. The molecule has 172 valence electrons. The van der Waals surface area contributed by atoms with Gasteiger partial charge >= 0.3 is 6.01 Å². The summed E-state index contributed by atoms with van der Waals surface area (Å²) in [4.78, 5) is 14.4. The van der Waals surface area contributed by atoms with Crippen LogP contribution in [0.5, 0.6) is 5.75 Å². The first-order chi connectivity index (χ1) is 15.7. The summed E-state index contributed by atoms with van der Waals surface area (Å²) in [7, 11) is 0. The van der Waals surface area contributed by atoms with Crippen LogP contribution in [0.2, 0.25) is 0 Å². The predicted octanol–water partition coefficient (Wildman–Crippen LogP) is 3.50. The van der Waals surface area contributed by atoms with Crippen molar-refractivity contribution in [2.45, 2.75) is 39.5 Å². The van der Waals surface area contributed by atoms with E-state index in [2.05, 4.69) is 10.2 Å². The lowest BCUT2D eigenvalue weighted by Gasteiger charge is -2.26. The van der Waals surface area contributed by atoms with E-state index in [0.29, 0.717) is 0 Å². The summed E-state index contributed by atoms with van der Waals surface area (Å²) in [6, 6.07) is 7.18. The molecule has 3 rings (SSSR count). The van der Waals surface area contributed by atoms with Gasteiger partial charge in [-0.15, -0.1) is 5.10 Å². The van der Waals surface area contributed by atoms with Crippen LogP contribution in [0.25, 0.3) is 0 Å². The molecule has 0 bridgehead atoms. The summed E-state index contributed by atoms with van der Waals surface area (Å²) in [6.07, 6.45) is -0.984. The zero-order valence-corrected chi connectivity index (χ0v) is 17.8. The molecule has 2 N–H and O–H groups in total. The molecule has 33 heavy (non-hydrogen) atoms. The highest BCUT2D eigenvalue weighted by Crippen LogP contribution is 2.26. The number of halogens is 3. The van der Waals surface area contributed by atoms with Crippen molar-refractivity contribution in [2.24, 2.45) is 0 Å². The highest BCUT2D eigenvalue weighted by atomic mass is 19.1. The van der Waals surface area contributed by atoms with Crippen LogP contribution < -0.4 is 10.5 Å². The number of hydrogen-bond acceptors (Lipinski definition) is 7. The number of ether oxygens (including phenoxy) is 1. The number of carbonyl (C=O) groups excluding carboxylic acids is 1. The van der Waals surface area contributed by atoms with Crippen LogP contribution in [0.3, 0.4) is 0 Å². The molecule has 1 aromatic heterocycles. The summed E-state index contributed by atoms with van der Waals surface area (Å²) >= 11 is 0. The first-order valence-corrected chi connectivity index (χ1v) is 9.91. The Morgan fingerprint density at radius 1 is 1.21 bits per heavy atom. The topological polar surface area (TPSA) is 118 Å². The molecule has 1 amide bonds. The second-order valence-electron chi connectivity index (χ2n) is 7.12. The van der Waals surface area contributed by atoms with Crippen LogP contribution in [0.4, 0.5) is 19.2 Å². The molecule has 11 heteroatoms. The summed E-state index contributed by atoms with van der Waals surface area (Å²) in [5.41, 5.74) is 5.79. The maximum absolute atomic E-state index is 14.5. The fourth-order valence-corrected chi connectivity index (χ4v) is 3.18. The lowest BCUT2D eigenvalue weighted by molar-refractivity contribution is -0.139. The minimum Gasteiger partial charge on any atom is -0.480 e. The van der Waals surface area contributed by atoms with Crippen molar-refractivity contribution in [3.05, 3.63) is 70.4 Å². The van der Waals surface area contributed by atoms with Gasteiger partial charge in [-0.3, -0.25) is 4.79 Å². The Balaban J connectivity index is 1.88. The maximum Gasteiger partial charge on any atom is 0.312 e. The Kier molecular flexibility index (Phi) is 7.17. The van der Waals surface area contributed by atoms with Gasteiger partial charge in [0.1, 0.15) is 23.2 Å². The predicted molar refractivity (Wildman–Crippen MR) is 110 cm³/mol. The molecule has 8 nitrogen and oxygen atoms in total. The molecule has 0 saturated heterocycles. The quantitative estimate of drug-likeness (QED) is 0.548. The van der Waals surface area contributed by atoms with Gasteiger partial charge in [-0.05, 0) is 25.5 Å². The fourth-order valence-electron chi connectivity index (χ4n) is 3.18. The molecule has 0 fully saturated rings. The van der Waals surface area contributed by atoms with E-state index in [1.807, 2.05) is 6.07 Å². The first-order valence-electron chi connectivity index (χ1n) is 9.91. The number of amides is 1. The highest BCUT2D eigenvalue weighted by Gasteiger charge is 2.26. The van der Waals surface area contributed by atoms with E-state index in [4.69, 9.17) is 20.1 Å². The molecule has 1 atom stereocenters. The van der Waals surface area contributed by atoms with E-state index in [1.54, 1.807) is 6.92 Å². The molecule has 0 spiro atoms. The number of benzene rings is 2. The standard InChI is InChI=1S/C22H20F3N5O3/c1-3-16-18(25)7-15(23)8-19(16)32-12(2)21(31)30(11-20-28-29-22(27)33-20)10-14-5-4-13(9-26)6-17(14)24/h4-8,12H,3,10-11H2,1-2H3,(H2,27,29)/t12-/m1/s1. The van der Waals surface area contributed by atoms with Crippen LogP contribution in [0.15, 0.2) is 34.7 Å². The zero-order chi connectivity index (χ0) is 24.1. The van der Waals surface area contributed by atoms with Gasteiger partial charge in [0.15, 0.2) is 6.10 Å². The number of nitrogens with zero attached hydrogens (tertiary/aromatic N) is 4. The van der Waals surface area contributed by atoms with Gasteiger partial charge in [0, 0.05) is 29.8 Å². The Bertz CT molecular complexity index is 1210. The van der Waals surface area contributed by atoms with Gasteiger partial charge in [0.25, 0.3) is 5.91 Å². The number of rotatable bonds is 8. The summed E-state index contributed by atoms with van der Waals surface area (Å²) < 4.78 is 53.0. The molecule has 0 radical (unpaired) electrons. The second kappa shape index (κ2) is 10.0. The summed E-state index contributed by atoms with van der Waals surface area (Å²) in [5.74, 6) is -3.08. The Morgan fingerprint density at radius 3 is 2.58 bits per heavy atom. The number of hydrogen-bond donors (Lipinski definition) is 1. The van der Waals surface area contributed by atoms with Crippen LogP contribution >= 0.6 is 0 Å². The summed E-state index contributed by atoms with van der Waals surface area (Å²) in [6.45, 7) is 2.60. The second-order valence-corrected chi connectivity index (χ2v) is 7.12. The van der Waals surface area contributed by atoms with Crippen LogP contribution in [0.1, 0.15) is 36.4 Å². The number of nitrogens with two attached hydrogens (primary N) is 1. The first kappa shape index (κ1) is 23.6. The molecule has 0 aliphatic heterocycles. The van der Waals surface area contributed by atoms with Crippen molar-refractivity contribution >= 4 is 11.9 Å². The Morgan fingerprint density at radius 2 is 1.97 bits per heavy atom. The molecular weight excluding hydrogens is 439 g/mol. The van der Waals surface area contributed by atoms with E-state index < -0.39 is 29.5 Å². The minimum absolute atomic E-state index is 0.00634. The van der Waals surface area contributed by atoms with E-state index in [1.165, 1.54) is 24.0 Å². The Labute approximate surface area is 187 Å². The Hall–Kier alpha value is -4.07. The van der Waals surface area contributed by atoms with E-state index in [0.717, 1.165) is 18.2 Å². The lowest BCUT2D eigenvalue weighted by Crippen LogP contribution is -2.40. The molecule has 0 aliphatic rings. The van der Waals surface area contributed by atoms with Gasteiger partial charge in [0.05, 0.1) is 18.2 Å². The molecular formula is C22H20F3N5O3. The number of carbonyl (C=O) groups is 1. The van der Waals surface area contributed by atoms with Crippen molar-refractivity contribution < 1.29 is 27.1 Å². The number of nitrogen functional groups attached to an aromatic ring is 1. The molecule has 2 aromatic carbocycles. The number of nitriles is 1. The molecule has 0 saturated carbocycles. The largest absolute Gasteiger partial charge is 0.480 e. The SMILES string of the molecule is CCc1c(F)cc(F)cc1O[C@H](C)C(=O)N(Cc1nnc(N)o1)Cc1ccc(C#N)cc1F. The van der Waals surface area contributed by atoms with Crippen LogP contribution in [0, 0.1) is 28.8 Å². The number of aromatic nitrogens is 2. The van der Waals surface area contributed by atoms with Crippen molar-refractivity contribution in [1.82, 2.24) is 15.1 Å². The monoisotopic (exact) mass is 459 g/mol. The van der Waals surface area contributed by atoms with E-state index >= 15 is 0 Å². The zero-order valence-electron chi connectivity index (χ0n) is 17.8. The van der Waals surface area contributed by atoms with Crippen molar-refractivity contribution in [3.63, 3.8) is 0 Å². The maximum atomic E-state index is 14.5. The van der Waals surface area contributed by atoms with Gasteiger partial charge in [0.2, 0.25) is 5.89 Å². The van der Waals surface area contributed by atoms with E-state index in [9.17, 15) is 18.0 Å². The number of anilines is 1. The van der Waals surface area contributed by atoms with Crippen LogP contribution in [-0.2, 0) is 24.3 Å². The normalized spacial score (nSPS) is 11.6. The molecule has 1 heterocycles.